The number of hydrogen-bond donors (Lipinski definition) is 1. The van der Waals surface area contributed by atoms with E-state index in [1.165, 1.54) is 9.13 Å². The number of amides is 4. The number of hydrogen-bond acceptors (Lipinski definition) is 9. The zero-order chi connectivity index (χ0) is 48.1. The molecule has 4 amide bonds. The lowest BCUT2D eigenvalue weighted by Crippen LogP contribution is -2.44. The molecule has 0 aliphatic carbocycles. The third-order valence-corrected chi connectivity index (χ3v) is 15.0. The summed E-state index contributed by atoms with van der Waals surface area (Å²) in [4.78, 5) is 72.0. The lowest BCUT2D eigenvalue weighted by molar-refractivity contribution is -0.136. The molecule has 0 radical (unpaired) electrons. The number of imidazole rings is 1. The highest BCUT2D eigenvalue weighted by molar-refractivity contribution is 6.00. The molecule has 5 aliphatic rings. The Morgan fingerprint density at radius 1 is 0.899 bits per heavy atom. The molecular formula is C51H59F2N11O5. The van der Waals surface area contributed by atoms with E-state index in [1.807, 2.05) is 34.1 Å². The van der Waals surface area contributed by atoms with E-state index in [0.29, 0.717) is 67.7 Å². The number of rotatable bonds is 9. The number of aromatic nitrogens is 6. The number of fused-ring (bicyclic) bond motifs is 3. The maximum absolute atomic E-state index is 14.7. The van der Waals surface area contributed by atoms with Gasteiger partial charge >= 0.3 is 5.69 Å². The van der Waals surface area contributed by atoms with Gasteiger partial charge in [0.25, 0.3) is 6.43 Å². The van der Waals surface area contributed by atoms with Crippen molar-refractivity contribution in [3.8, 4) is 23.0 Å². The quantitative estimate of drug-likeness (QED) is 0.148. The van der Waals surface area contributed by atoms with Crippen LogP contribution < -0.4 is 15.9 Å². The number of alkyl halides is 2. The average molecular weight is 944 g/mol. The molecule has 69 heavy (non-hydrogen) atoms. The first-order valence-corrected chi connectivity index (χ1v) is 24.4. The molecule has 5 aromatic rings. The normalized spacial score (nSPS) is 19.4. The minimum absolute atomic E-state index is 0.00828. The summed E-state index contributed by atoms with van der Waals surface area (Å²) in [5.74, 6) is 7.11. The summed E-state index contributed by atoms with van der Waals surface area (Å²) in [5, 5.41) is 11.9. The molecule has 18 heteroatoms. The molecule has 0 saturated carbocycles. The summed E-state index contributed by atoms with van der Waals surface area (Å²) in [5.41, 5.74) is 6.70. The van der Waals surface area contributed by atoms with Gasteiger partial charge in [-0.05, 0) is 112 Å². The minimum Gasteiger partial charge on any atom is -0.343 e. The minimum atomic E-state index is -2.68. The molecule has 10 rings (SSSR count). The van der Waals surface area contributed by atoms with Crippen LogP contribution in [0.2, 0.25) is 0 Å². The van der Waals surface area contributed by atoms with Crippen LogP contribution in [0, 0.1) is 17.8 Å². The van der Waals surface area contributed by atoms with E-state index in [-0.39, 0.29) is 53.8 Å². The van der Waals surface area contributed by atoms with Crippen LogP contribution in [0.3, 0.4) is 0 Å². The van der Waals surface area contributed by atoms with Crippen molar-refractivity contribution in [1.29, 1.82) is 0 Å². The predicted octanol–water partition coefficient (Wildman–Crippen LogP) is 5.55. The number of carbonyl (C=O) groups excluding carboxylic acids is 4. The van der Waals surface area contributed by atoms with E-state index >= 15 is 0 Å². The summed E-state index contributed by atoms with van der Waals surface area (Å²) in [6.07, 6.45) is 8.06. The second-order valence-corrected chi connectivity index (χ2v) is 19.4. The highest BCUT2D eigenvalue weighted by Crippen LogP contribution is 2.44. The van der Waals surface area contributed by atoms with Gasteiger partial charge in [0.2, 0.25) is 23.6 Å². The van der Waals surface area contributed by atoms with Crippen LogP contribution in [0.25, 0.3) is 22.2 Å². The van der Waals surface area contributed by atoms with Crippen molar-refractivity contribution in [3.05, 3.63) is 81.2 Å². The Hall–Kier alpha value is -6.61. The topological polar surface area (TPSA) is 156 Å². The lowest BCUT2D eigenvalue weighted by Gasteiger charge is -2.34. The molecule has 0 bridgehead atoms. The van der Waals surface area contributed by atoms with Crippen LogP contribution in [-0.4, -0.2) is 113 Å². The molecule has 3 aromatic heterocycles. The molecule has 2 aromatic carbocycles. The molecule has 1 unspecified atom stereocenters. The van der Waals surface area contributed by atoms with Crippen molar-refractivity contribution in [3.63, 3.8) is 0 Å². The van der Waals surface area contributed by atoms with Crippen molar-refractivity contribution in [2.75, 3.05) is 50.7 Å². The zero-order valence-electron chi connectivity index (χ0n) is 39.6. The number of imide groups is 1. The first-order valence-electron chi connectivity index (χ1n) is 24.4. The Bertz CT molecular complexity index is 2960. The molecule has 3 fully saturated rings. The lowest BCUT2D eigenvalue weighted by atomic mass is 9.92. The van der Waals surface area contributed by atoms with Gasteiger partial charge in [0.05, 0.1) is 29.8 Å². The highest BCUT2D eigenvalue weighted by atomic mass is 19.3. The summed E-state index contributed by atoms with van der Waals surface area (Å²) < 4.78 is 36.2. The van der Waals surface area contributed by atoms with Gasteiger partial charge in [-0.3, -0.25) is 43.0 Å². The Morgan fingerprint density at radius 3 is 2.42 bits per heavy atom. The van der Waals surface area contributed by atoms with E-state index in [1.54, 1.807) is 44.2 Å². The number of nitrogens with one attached hydrogen (secondary N) is 1. The smallest absolute Gasteiger partial charge is 0.329 e. The third kappa shape index (κ3) is 9.08. The van der Waals surface area contributed by atoms with Crippen molar-refractivity contribution >= 4 is 46.2 Å². The average Bonchev–Trinajstić information content (AvgIpc) is 4.03. The largest absolute Gasteiger partial charge is 0.343 e. The maximum atomic E-state index is 14.7. The second-order valence-electron chi connectivity index (χ2n) is 19.4. The number of halogens is 2. The van der Waals surface area contributed by atoms with Gasteiger partial charge in [-0.1, -0.05) is 11.8 Å². The molecular weight excluding hydrogens is 885 g/mol. The molecule has 3 saturated heterocycles. The van der Waals surface area contributed by atoms with Gasteiger partial charge in [-0.25, -0.2) is 13.6 Å². The van der Waals surface area contributed by atoms with Crippen molar-refractivity contribution < 1.29 is 28.0 Å². The molecule has 16 nitrogen and oxygen atoms in total. The molecule has 0 spiro atoms. The Morgan fingerprint density at radius 2 is 1.70 bits per heavy atom. The zero-order valence-corrected chi connectivity index (χ0v) is 39.6. The first-order chi connectivity index (χ1) is 33.3. The summed E-state index contributed by atoms with van der Waals surface area (Å²) in [6, 6.07) is 8.46. The summed E-state index contributed by atoms with van der Waals surface area (Å²) in [7, 11) is 3.46. The highest BCUT2D eigenvalue weighted by Gasteiger charge is 2.36. The fourth-order valence-electron chi connectivity index (χ4n) is 11.2. The van der Waals surface area contributed by atoms with Gasteiger partial charge in [0, 0.05) is 112 Å². The van der Waals surface area contributed by atoms with Crippen molar-refractivity contribution in [1.82, 2.24) is 48.7 Å². The first kappa shape index (κ1) is 46.1. The molecule has 8 heterocycles. The van der Waals surface area contributed by atoms with E-state index in [0.717, 1.165) is 98.5 Å². The number of anilines is 2. The number of nitrogens with zero attached hydrogens (tertiary/aromatic N) is 10. The van der Waals surface area contributed by atoms with Gasteiger partial charge in [-0.15, -0.1) is 0 Å². The number of benzene rings is 2. The molecule has 1 N–H and O–H groups in total. The van der Waals surface area contributed by atoms with Crippen LogP contribution in [-0.2, 0) is 52.7 Å². The maximum Gasteiger partial charge on any atom is 0.329 e. The number of piperidine rings is 3. The van der Waals surface area contributed by atoms with Gasteiger partial charge in [0.15, 0.2) is 5.82 Å². The predicted molar refractivity (Wildman–Crippen MR) is 255 cm³/mol. The van der Waals surface area contributed by atoms with E-state index in [2.05, 4.69) is 36.7 Å². The van der Waals surface area contributed by atoms with Crippen LogP contribution in [0.5, 0.6) is 0 Å². The molecule has 1 atom stereocenters. The summed E-state index contributed by atoms with van der Waals surface area (Å²) >= 11 is 0. The van der Waals surface area contributed by atoms with Crippen LogP contribution in [0.15, 0.2) is 47.5 Å². The Kier molecular flexibility index (Phi) is 12.7. The number of likely N-dealkylation sites (tertiary alicyclic amines) is 2. The van der Waals surface area contributed by atoms with Gasteiger partial charge in [0.1, 0.15) is 6.04 Å². The fraction of sp³-hybridized carbons (Fsp3) is 0.510. The molecule has 362 valence electrons. The number of aryl methyl sites for hydroxylation is 3. The Balaban J connectivity index is 0.740. The van der Waals surface area contributed by atoms with Gasteiger partial charge in [-0.2, -0.15) is 10.2 Å². The fourth-order valence-corrected chi connectivity index (χ4v) is 11.2. The van der Waals surface area contributed by atoms with Gasteiger partial charge < -0.3 is 19.6 Å². The van der Waals surface area contributed by atoms with E-state index < -0.39 is 18.4 Å². The van der Waals surface area contributed by atoms with Crippen LogP contribution >= 0.6 is 0 Å². The summed E-state index contributed by atoms with van der Waals surface area (Å²) in [6.45, 7) is 7.13. The second kappa shape index (κ2) is 19.1. The van der Waals surface area contributed by atoms with Crippen molar-refractivity contribution in [2.24, 2.45) is 20.0 Å². The standard InChI is InChI=1S/C51H59F2N11O5/c1-32(65)61-25-18-41-40(31-61)49(62-20-4-6-35-27-38(36-29-54-57(2)30-36)39(48(52)53)28-44(35)62)56-64(41)37-16-23-60(24-17-37)47(67)7-5-19-59-21-14-33(15-22-59)8-9-34-10-11-42-45(26-34)58(3)51(69)63(42)43-12-13-46(66)55-50(43)68/h10-11,26-30,33,37,43,48H,4-7,12-25,31H2,1-3H3,(H,55,66,68). The third-order valence-electron chi connectivity index (χ3n) is 15.0. The van der Waals surface area contributed by atoms with E-state index in [9.17, 15) is 32.8 Å². The van der Waals surface area contributed by atoms with E-state index in [4.69, 9.17) is 5.10 Å². The monoisotopic (exact) mass is 943 g/mol. The SMILES string of the molecule is CC(=O)N1CCc2c(c(N3CCCc4cc(-c5cnn(C)c5)c(C(F)F)cc43)nn2C2CCN(C(=O)CCCN3CCC(C#Cc4ccc5c(c4)n(C)c(=O)n5C4CCC(=O)NC4=O)CC3)CC2)C1. The van der Waals surface area contributed by atoms with Crippen molar-refractivity contribution in [2.45, 2.75) is 103 Å². The molecule has 5 aliphatic heterocycles. The number of carbonyl (C=O) groups is 4. The van der Waals surface area contributed by atoms with Crippen LogP contribution in [0.1, 0.15) is 111 Å². The Labute approximate surface area is 399 Å². The van der Waals surface area contributed by atoms with Crippen LogP contribution in [0.4, 0.5) is 20.3 Å².